The Morgan fingerprint density at radius 1 is 1.47 bits per heavy atom. The number of methoxy groups -OCH3 is 2. The van der Waals surface area contributed by atoms with Crippen LogP contribution in [-0.2, 0) is 9.47 Å². The second kappa shape index (κ2) is 6.84. The summed E-state index contributed by atoms with van der Waals surface area (Å²) in [5.74, 6) is -1.24. The van der Waals surface area contributed by atoms with Crippen molar-refractivity contribution in [1.29, 1.82) is 0 Å². The number of hydrogen-bond donors (Lipinski definition) is 1. The quantitative estimate of drug-likeness (QED) is 0.874. The molecule has 0 aromatic heterocycles. The van der Waals surface area contributed by atoms with E-state index in [2.05, 4.69) is 5.32 Å². The van der Waals surface area contributed by atoms with E-state index in [9.17, 15) is 9.18 Å². The number of halogens is 2. The van der Waals surface area contributed by atoms with E-state index in [-0.39, 0.29) is 17.1 Å². The molecule has 0 saturated heterocycles. The summed E-state index contributed by atoms with van der Waals surface area (Å²) >= 11 is 5.81. The highest BCUT2D eigenvalue weighted by Crippen LogP contribution is 2.19. The molecule has 0 heterocycles. The molecule has 1 aromatic rings. The lowest BCUT2D eigenvalue weighted by Gasteiger charge is -2.27. The van der Waals surface area contributed by atoms with Gasteiger partial charge in [-0.05, 0) is 19.1 Å². The predicted molar refractivity (Wildman–Crippen MR) is 71.0 cm³/mol. The molecule has 0 spiro atoms. The molecule has 0 aliphatic rings. The van der Waals surface area contributed by atoms with Crippen LogP contribution in [0.1, 0.15) is 17.3 Å². The van der Waals surface area contributed by atoms with Gasteiger partial charge in [-0.2, -0.15) is 0 Å². The maximum Gasteiger partial charge on any atom is 0.255 e. The molecule has 6 heteroatoms. The van der Waals surface area contributed by atoms with Gasteiger partial charge in [-0.15, -0.1) is 0 Å². The van der Waals surface area contributed by atoms with E-state index in [1.54, 1.807) is 6.92 Å². The third kappa shape index (κ3) is 4.16. The molecule has 0 bridgehead atoms. The lowest BCUT2D eigenvalue weighted by molar-refractivity contribution is -0.0480. The van der Waals surface area contributed by atoms with Crippen LogP contribution in [-0.4, -0.2) is 38.9 Å². The maximum absolute atomic E-state index is 13.5. The second-order valence-corrected chi connectivity index (χ2v) is 4.77. The van der Waals surface area contributed by atoms with Gasteiger partial charge < -0.3 is 14.8 Å². The monoisotopic (exact) mass is 289 g/mol. The van der Waals surface area contributed by atoms with Crippen molar-refractivity contribution in [3.63, 3.8) is 0 Å². The Bertz CT molecular complexity index is 435. The van der Waals surface area contributed by atoms with Crippen molar-refractivity contribution in [1.82, 2.24) is 5.32 Å². The first kappa shape index (κ1) is 15.9. The highest BCUT2D eigenvalue weighted by molar-refractivity contribution is 6.33. The lowest BCUT2D eigenvalue weighted by Crippen LogP contribution is -2.45. The van der Waals surface area contributed by atoms with Gasteiger partial charge in [0.1, 0.15) is 11.4 Å². The first-order valence-corrected chi connectivity index (χ1v) is 6.07. The number of amides is 1. The van der Waals surface area contributed by atoms with Crippen LogP contribution in [0.15, 0.2) is 18.2 Å². The van der Waals surface area contributed by atoms with Gasteiger partial charge in [0, 0.05) is 20.8 Å². The third-order valence-corrected chi connectivity index (χ3v) is 3.07. The zero-order valence-corrected chi connectivity index (χ0v) is 11.9. The molecule has 1 aromatic carbocycles. The van der Waals surface area contributed by atoms with Crippen molar-refractivity contribution < 1.29 is 18.7 Å². The largest absolute Gasteiger partial charge is 0.382 e. The summed E-state index contributed by atoms with van der Waals surface area (Å²) in [4.78, 5) is 11.9. The molecule has 1 N–H and O–H groups in total. The van der Waals surface area contributed by atoms with Crippen molar-refractivity contribution in [3.05, 3.63) is 34.6 Å². The molecule has 106 valence electrons. The van der Waals surface area contributed by atoms with Crippen molar-refractivity contribution in [3.8, 4) is 0 Å². The summed E-state index contributed by atoms with van der Waals surface area (Å²) in [7, 11) is 3.05. The minimum Gasteiger partial charge on any atom is -0.382 e. The van der Waals surface area contributed by atoms with Gasteiger partial charge in [0.15, 0.2) is 0 Å². The molecule has 1 amide bonds. The number of nitrogens with one attached hydrogen (secondary N) is 1. The molecule has 0 aliphatic heterocycles. The molecule has 0 saturated carbocycles. The van der Waals surface area contributed by atoms with Gasteiger partial charge in [-0.3, -0.25) is 4.79 Å². The summed E-state index contributed by atoms with van der Waals surface area (Å²) in [6.07, 6.45) is 0. The molecule has 0 radical (unpaired) electrons. The Labute approximate surface area is 116 Å². The van der Waals surface area contributed by atoms with E-state index >= 15 is 0 Å². The van der Waals surface area contributed by atoms with Crippen LogP contribution in [0.5, 0.6) is 0 Å². The van der Waals surface area contributed by atoms with E-state index in [1.165, 1.54) is 32.4 Å². The van der Waals surface area contributed by atoms with Crippen LogP contribution in [0.4, 0.5) is 4.39 Å². The summed E-state index contributed by atoms with van der Waals surface area (Å²) in [5.41, 5.74) is -0.845. The number of benzene rings is 1. The predicted octanol–water partition coefficient (Wildman–Crippen LogP) is 2.26. The molecular formula is C13H17ClFNO3. The van der Waals surface area contributed by atoms with E-state index in [0.29, 0.717) is 6.61 Å². The van der Waals surface area contributed by atoms with Gasteiger partial charge in [0.25, 0.3) is 5.91 Å². The molecule has 0 aliphatic carbocycles. The number of rotatable bonds is 6. The standard InChI is InChI=1S/C13H17ClFNO3/c1-13(19-3,8-18-2)7-16-12(17)11-9(14)5-4-6-10(11)15/h4-6H,7-8H2,1-3H3,(H,16,17)/t13-/m0/s1. The van der Waals surface area contributed by atoms with Gasteiger partial charge in [0.2, 0.25) is 0 Å². The zero-order valence-electron chi connectivity index (χ0n) is 11.1. The van der Waals surface area contributed by atoms with E-state index < -0.39 is 17.3 Å². The normalized spacial score (nSPS) is 13.9. The van der Waals surface area contributed by atoms with Gasteiger partial charge in [-0.1, -0.05) is 17.7 Å². The second-order valence-electron chi connectivity index (χ2n) is 4.37. The molecule has 4 nitrogen and oxygen atoms in total. The SMILES string of the molecule is COC[C@](C)(CNC(=O)c1c(F)cccc1Cl)OC. The molecule has 1 rings (SSSR count). The van der Waals surface area contributed by atoms with Crippen LogP contribution in [0, 0.1) is 5.82 Å². The van der Waals surface area contributed by atoms with Crippen molar-refractivity contribution in [2.75, 3.05) is 27.4 Å². The summed E-state index contributed by atoms with van der Waals surface area (Å²) < 4.78 is 23.8. The Morgan fingerprint density at radius 3 is 2.68 bits per heavy atom. The minimum atomic E-state index is -0.678. The summed E-state index contributed by atoms with van der Waals surface area (Å²) in [6.45, 7) is 2.26. The lowest BCUT2D eigenvalue weighted by atomic mass is 10.1. The molecule has 19 heavy (non-hydrogen) atoms. The minimum absolute atomic E-state index is 0.0726. The fourth-order valence-corrected chi connectivity index (χ4v) is 1.81. The number of carbonyl (C=O) groups excluding carboxylic acids is 1. The topological polar surface area (TPSA) is 47.6 Å². The maximum atomic E-state index is 13.5. The average Bonchev–Trinajstić information content (AvgIpc) is 2.36. The van der Waals surface area contributed by atoms with Crippen LogP contribution in [0.3, 0.4) is 0 Å². The summed E-state index contributed by atoms with van der Waals surface area (Å²) in [5, 5.41) is 2.66. The Morgan fingerprint density at radius 2 is 2.16 bits per heavy atom. The molecule has 0 fully saturated rings. The van der Waals surface area contributed by atoms with Crippen LogP contribution in [0.25, 0.3) is 0 Å². The highest BCUT2D eigenvalue weighted by Gasteiger charge is 2.25. The van der Waals surface area contributed by atoms with Gasteiger partial charge in [0.05, 0.1) is 17.2 Å². The van der Waals surface area contributed by atoms with Crippen LogP contribution < -0.4 is 5.32 Å². The fourth-order valence-electron chi connectivity index (χ4n) is 1.56. The molecule has 1 atom stereocenters. The van der Waals surface area contributed by atoms with Gasteiger partial charge in [-0.25, -0.2) is 4.39 Å². The molecule has 0 unspecified atom stereocenters. The number of hydrogen-bond acceptors (Lipinski definition) is 3. The Kier molecular flexibility index (Phi) is 5.72. The molecular weight excluding hydrogens is 273 g/mol. The van der Waals surface area contributed by atoms with Crippen LogP contribution >= 0.6 is 11.6 Å². The fraction of sp³-hybridized carbons (Fsp3) is 0.462. The Balaban J connectivity index is 2.75. The Hall–Kier alpha value is -1.17. The van der Waals surface area contributed by atoms with E-state index in [1.807, 2.05) is 0 Å². The van der Waals surface area contributed by atoms with Crippen molar-refractivity contribution in [2.45, 2.75) is 12.5 Å². The smallest absolute Gasteiger partial charge is 0.255 e. The van der Waals surface area contributed by atoms with E-state index in [0.717, 1.165) is 0 Å². The average molecular weight is 290 g/mol. The number of carbonyl (C=O) groups is 1. The highest BCUT2D eigenvalue weighted by atomic mass is 35.5. The number of ether oxygens (including phenoxy) is 2. The van der Waals surface area contributed by atoms with Crippen molar-refractivity contribution in [2.24, 2.45) is 0 Å². The summed E-state index contributed by atoms with van der Waals surface area (Å²) in [6, 6.07) is 4.09. The van der Waals surface area contributed by atoms with Crippen molar-refractivity contribution >= 4 is 17.5 Å². The van der Waals surface area contributed by atoms with Crippen LogP contribution in [0.2, 0.25) is 5.02 Å². The van der Waals surface area contributed by atoms with Gasteiger partial charge >= 0.3 is 0 Å². The first-order valence-electron chi connectivity index (χ1n) is 5.70. The third-order valence-electron chi connectivity index (χ3n) is 2.76. The van der Waals surface area contributed by atoms with E-state index in [4.69, 9.17) is 21.1 Å². The first-order chi connectivity index (χ1) is 8.93. The zero-order chi connectivity index (χ0) is 14.5.